The molecule has 6 N–H and O–H groups in total. The largest absolute Gasteiger partial charge is 0.463 e. The van der Waals surface area contributed by atoms with Gasteiger partial charge < -0.3 is 40.1 Å². The van der Waals surface area contributed by atoms with Gasteiger partial charge in [0.15, 0.2) is 11.9 Å². The normalized spacial score (nSPS) is 25.0. The maximum atomic E-state index is 12.9. The van der Waals surface area contributed by atoms with Gasteiger partial charge in [0.05, 0.1) is 11.4 Å². The number of nitrogens with two attached hydrogens (primary N) is 1. The third-order valence-corrected chi connectivity index (χ3v) is 8.00. The number of nitriles is 1. The van der Waals surface area contributed by atoms with Crippen molar-refractivity contribution in [1.82, 2.24) is 10.3 Å². The first kappa shape index (κ1) is 34.8. The molecule has 1 saturated heterocycles. The fourth-order valence-electron chi connectivity index (χ4n) is 5.29. The molecule has 1 aromatic rings. The average Bonchev–Trinajstić information content (AvgIpc) is 3.72. The highest BCUT2D eigenvalue weighted by Gasteiger charge is 2.59. The molecule has 3 rings (SSSR count). The van der Waals surface area contributed by atoms with E-state index in [1.54, 1.807) is 34.6 Å². The Labute approximate surface area is 257 Å². The zero-order valence-corrected chi connectivity index (χ0v) is 25.9. The van der Waals surface area contributed by atoms with Gasteiger partial charge in [0.1, 0.15) is 42.9 Å². The van der Waals surface area contributed by atoms with Crippen molar-refractivity contribution >= 4 is 30.0 Å². The molecule has 14 heteroatoms. The fourth-order valence-corrected chi connectivity index (χ4v) is 5.29. The molecule has 242 valence electrons. The summed E-state index contributed by atoms with van der Waals surface area (Å²) in [7, 11) is 0. The third-order valence-electron chi connectivity index (χ3n) is 8.00. The van der Waals surface area contributed by atoms with Gasteiger partial charge in [0, 0.05) is 13.0 Å². The summed E-state index contributed by atoms with van der Waals surface area (Å²) in [5.41, 5.74) is 2.91. The smallest absolute Gasteiger partial charge is 0.323 e. The van der Waals surface area contributed by atoms with Crippen molar-refractivity contribution in [3.63, 3.8) is 0 Å². The molecule has 2 heterocycles. The van der Waals surface area contributed by atoms with E-state index in [1.807, 2.05) is 6.07 Å². The maximum Gasteiger partial charge on any atom is 0.323 e. The van der Waals surface area contributed by atoms with Crippen molar-refractivity contribution in [3.8, 4) is 6.07 Å². The van der Waals surface area contributed by atoms with Gasteiger partial charge in [0.25, 0.3) is 5.91 Å². The van der Waals surface area contributed by atoms with Crippen LogP contribution < -0.4 is 11.1 Å². The van der Waals surface area contributed by atoms with Crippen molar-refractivity contribution in [2.24, 2.45) is 22.6 Å². The minimum absolute atomic E-state index is 0.0483. The molecule has 0 radical (unpaired) electrons. The van der Waals surface area contributed by atoms with Crippen LogP contribution in [0.2, 0.25) is 0 Å². The molecule has 2 fully saturated rings. The van der Waals surface area contributed by atoms with Crippen LogP contribution in [0.15, 0.2) is 17.1 Å². The van der Waals surface area contributed by atoms with Gasteiger partial charge in [-0.3, -0.25) is 19.8 Å². The number of amidine groups is 1. The number of esters is 2. The van der Waals surface area contributed by atoms with Gasteiger partial charge >= 0.3 is 11.9 Å². The van der Waals surface area contributed by atoms with Gasteiger partial charge in [0.2, 0.25) is 5.60 Å². The van der Waals surface area contributed by atoms with E-state index < -0.39 is 53.4 Å². The third kappa shape index (κ3) is 7.89. The number of nitrogens with zero attached hydrogens (tertiary/aromatic N) is 2. The van der Waals surface area contributed by atoms with Gasteiger partial charge in [-0.05, 0) is 57.6 Å². The van der Waals surface area contributed by atoms with Crippen molar-refractivity contribution in [3.05, 3.63) is 23.5 Å². The molecule has 0 unspecified atom stereocenters. The quantitative estimate of drug-likeness (QED) is 0.123. The highest BCUT2D eigenvalue weighted by molar-refractivity contribution is 6.10. The number of nitrogens with one attached hydrogen (secondary N) is 3. The molecule has 2 aliphatic rings. The molecule has 14 nitrogen and oxygen atoms in total. The topological polar surface area (TPSA) is 222 Å². The molecule has 1 saturated carbocycles. The Balaban J connectivity index is 1.89. The molecule has 0 spiro atoms. The molecule has 1 aliphatic carbocycles. The molecule has 0 bridgehead atoms. The van der Waals surface area contributed by atoms with Gasteiger partial charge in [-0.2, -0.15) is 5.26 Å². The molecule has 0 aromatic carbocycles. The van der Waals surface area contributed by atoms with Crippen LogP contribution in [0.5, 0.6) is 0 Å². The molecule has 1 aromatic heterocycles. The number of carbonyl (C=O) groups excluding carboxylic acids is 3. The number of aliphatic imine (C=N–C) groups is 1. The summed E-state index contributed by atoms with van der Waals surface area (Å²) in [5, 5.41) is 31.9. The van der Waals surface area contributed by atoms with Crippen LogP contribution in [-0.2, 0) is 38.9 Å². The van der Waals surface area contributed by atoms with E-state index in [9.17, 15) is 24.8 Å². The maximum absolute atomic E-state index is 12.9. The second kappa shape index (κ2) is 14.9. The summed E-state index contributed by atoms with van der Waals surface area (Å²) >= 11 is 0. The van der Waals surface area contributed by atoms with E-state index in [4.69, 9.17) is 30.1 Å². The lowest BCUT2D eigenvalue weighted by Gasteiger charge is -2.25. The zero-order chi connectivity index (χ0) is 32.7. The van der Waals surface area contributed by atoms with Crippen LogP contribution in [0.4, 0.5) is 0 Å². The molecule has 1 amide bonds. The van der Waals surface area contributed by atoms with Crippen molar-refractivity contribution < 1.29 is 38.4 Å². The first-order chi connectivity index (χ1) is 20.8. The number of aliphatic hydroxyl groups excluding tert-OH is 1. The number of aliphatic hydroxyl groups is 1. The summed E-state index contributed by atoms with van der Waals surface area (Å²) < 4.78 is 22.6. The number of aromatic amines is 1. The average molecular weight is 617 g/mol. The lowest BCUT2D eigenvalue weighted by atomic mass is 9.92. The number of hydrogen-bond donors (Lipinski definition) is 5. The van der Waals surface area contributed by atoms with Gasteiger partial charge in [-0.1, -0.05) is 26.7 Å². The monoisotopic (exact) mass is 616 g/mol. The number of aromatic nitrogens is 1. The van der Waals surface area contributed by atoms with E-state index >= 15 is 0 Å². The van der Waals surface area contributed by atoms with Crippen LogP contribution in [-0.4, -0.2) is 83.3 Å². The van der Waals surface area contributed by atoms with Crippen LogP contribution >= 0.6 is 0 Å². The van der Waals surface area contributed by atoms with Crippen molar-refractivity contribution in [2.75, 3.05) is 13.2 Å². The van der Waals surface area contributed by atoms with E-state index in [1.165, 1.54) is 12.1 Å². The van der Waals surface area contributed by atoms with Crippen LogP contribution in [0.3, 0.4) is 0 Å². The van der Waals surface area contributed by atoms with Crippen molar-refractivity contribution in [2.45, 2.75) is 102 Å². The zero-order valence-electron chi connectivity index (χ0n) is 25.9. The molecular weight excluding hydrogens is 572 g/mol. The van der Waals surface area contributed by atoms with Gasteiger partial charge in [-0.15, -0.1) is 0 Å². The summed E-state index contributed by atoms with van der Waals surface area (Å²) in [6.07, 6.45) is 0.654. The fraction of sp³-hybridized carbons (Fsp3) is 0.667. The van der Waals surface area contributed by atoms with E-state index in [2.05, 4.69) is 15.3 Å². The van der Waals surface area contributed by atoms with E-state index in [0.29, 0.717) is 0 Å². The summed E-state index contributed by atoms with van der Waals surface area (Å²) in [6.45, 7) is 8.28. The van der Waals surface area contributed by atoms with Crippen LogP contribution in [0.1, 0.15) is 78.1 Å². The summed E-state index contributed by atoms with van der Waals surface area (Å²) in [4.78, 5) is 45.1. The number of carbonyl (C=O) groups is 3. The first-order valence-corrected chi connectivity index (χ1v) is 14.9. The highest BCUT2D eigenvalue weighted by Crippen LogP contribution is 2.41. The Morgan fingerprint density at radius 1 is 1.34 bits per heavy atom. The minimum Gasteiger partial charge on any atom is -0.463 e. The molecule has 5 atom stereocenters. The number of H-pyrrole nitrogens is 1. The van der Waals surface area contributed by atoms with Crippen LogP contribution in [0.25, 0.3) is 0 Å². The van der Waals surface area contributed by atoms with Crippen LogP contribution in [0, 0.1) is 28.6 Å². The van der Waals surface area contributed by atoms with E-state index in [-0.39, 0.29) is 48.7 Å². The number of rotatable bonds is 13. The Hall–Kier alpha value is -3.64. The summed E-state index contributed by atoms with van der Waals surface area (Å²) in [5.74, 6) is -1.87. The predicted molar refractivity (Wildman–Crippen MR) is 158 cm³/mol. The molecule has 1 aliphatic heterocycles. The second-order valence-electron chi connectivity index (χ2n) is 11.9. The Morgan fingerprint density at radius 3 is 2.61 bits per heavy atom. The SMILES string of the molecule is CCOC(C)(C)C(=O)N/C(=N/C=N)c1ccc([C@]2(C#N)O[C@H](COC(=O)CC3CCCC3)[C@@H](OC(=O)[C@@H](N)C(C)C)[C@H]2O)[nH]1. The Kier molecular flexibility index (Phi) is 11.8. The van der Waals surface area contributed by atoms with Gasteiger partial charge in [-0.25, -0.2) is 4.99 Å². The second-order valence-corrected chi connectivity index (χ2v) is 11.9. The Morgan fingerprint density at radius 2 is 2.02 bits per heavy atom. The number of ether oxygens (including phenoxy) is 4. The number of hydrogen-bond acceptors (Lipinski definition) is 11. The predicted octanol–water partition coefficient (Wildman–Crippen LogP) is 1.80. The number of amides is 1. The van der Waals surface area contributed by atoms with E-state index in [0.717, 1.165) is 32.0 Å². The summed E-state index contributed by atoms with van der Waals surface area (Å²) in [6, 6.07) is 3.89. The lowest BCUT2D eigenvalue weighted by molar-refractivity contribution is -0.162. The minimum atomic E-state index is -2.10. The standard InChI is InChI=1S/C30H44N6O8/c1-6-42-29(4,5)28(40)36-26(34-16-32)19-11-12-21(35-19)30(15-31)25(38)24(43-27(39)23(33)17(2)3)20(44-30)14-41-22(37)13-18-9-7-8-10-18/h11-12,16-18,20,23-25,35,38H,6-10,13-14,33H2,1-5H3,(H2,32,34,36,40)/t20-,23+,24-,25-,30+/m1/s1. The molecular formula is C30H44N6O8. The lowest BCUT2D eigenvalue weighted by Crippen LogP contribution is -2.47. The Bertz CT molecular complexity index is 1260. The van der Waals surface area contributed by atoms with Crippen molar-refractivity contribution in [1.29, 1.82) is 10.7 Å². The highest BCUT2D eigenvalue weighted by atomic mass is 16.6. The molecule has 44 heavy (non-hydrogen) atoms. The first-order valence-electron chi connectivity index (χ1n) is 14.9.